The van der Waals surface area contributed by atoms with Gasteiger partial charge in [-0.3, -0.25) is 9.59 Å². The lowest BCUT2D eigenvalue weighted by molar-refractivity contribution is 0.0959. The molecule has 4 N–H and O–H groups in total. The van der Waals surface area contributed by atoms with E-state index in [4.69, 9.17) is 15.9 Å². The SMILES string of the molecule is Cc1cc(CN)oc1C(=O)N1CCc2cc(C(N)=O)ccc21. The summed E-state index contributed by atoms with van der Waals surface area (Å²) in [4.78, 5) is 25.6. The van der Waals surface area contributed by atoms with Crippen LogP contribution in [0.25, 0.3) is 0 Å². The quantitative estimate of drug-likeness (QED) is 0.892. The molecule has 0 fully saturated rings. The van der Waals surface area contributed by atoms with Gasteiger partial charge in [-0.1, -0.05) is 0 Å². The van der Waals surface area contributed by atoms with E-state index < -0.39 is 5.91 Å². The molecule has 2 amide bonds. The van der Waals surface area contributed by atoms with Gasteiger partial charge in [-0.15, -0.1) is 0 Å². The van der Waals surface area contributed by atoms with Crippen molar-refractivity contribution < 1.29 is 14.0 Å². The highest BCUT2D eigenvalue weighted by molar-refractivity contribution is 6.06. The van der Waals surface area contributed by atoms with E-state index >= 15 is 0 Å². The number of carbonyl (C=O) groups excluding carboxylic acids is 2. The van der Waals surface area contributed by atoms with Crippen LogP contribution in [0, 0.1) is 6.92 Å². The second-order valence-electron chi connectivity index (χ2n) is 5.34. The van der Waals surface area contributed by atoms with E-state index in [0.717, 1.165) is 16.8 Å². The van der Waals surface area contributed by atoms with Gasteiger partial charge in [-0.25, -0.2) is 0 Å². The van der Waals surface area contributed by atoms with Gasteiger partial charge in [0, 0.05) is 23.4 Å². The van der Waals surface area contributed by atoms with Crippen molar-refractivity contribution in [3.05, 3.63) is 52.5 Å². The topological polar surface area (TPSA) is 103 Å². The molecule has 0 saturated carbocycles. The Morgan fingerprint density at radius 1 is 1.32 bits per heavy atom. The van der Waals surface area contributed by atoms with Crippen LogP contribution in [0.2, 0.25) is 0 Å². The van der Waals surface area contributed by atoms with Crippen molar-refractivity contribution in [3.8, 4) is 0 Å². The molecule has 22 heavy (non-hydrogen) atoms. The van der Waals surface area contributed by atoms with Crippen molar-refractivity contribution in [1.29, 1.82) is 0 Å². The number of nitrogens with two attached hydrogens (primary N) is 2. The normalized spacial score (nSPS) is 13.3. The van der Waals surface area contributed by atoms with Crippen molar-refractivity contribution in [2.45, 2.75) is 19.9 Å². The first-order valence-electron chi connectivity index (χ1n) is 7.05. The third kappa shape index (κ3) is 2.27. The van der Waals surface area contributed by atoms with Crippen molar-refractivity contribution in [2.75, 3.05) is 11.4 Å². The maximum Gasteiger partial charge on any atom is 0.294 e. The average Bonchev–Trinajstić information content (AvgIpc) is 3.09. The zero-order chi connectivity index (χ0) is 15.9. The minimum Gasteiger partial charge on any atom is -0.454 e. The fourth-order valence-electron chi connectivity index (χ4n) is 2.75. The Hall–Kier alpha value is -2.60. The van der Waals surface area contributed by atoms with E-state index in [2.05, 4.69) is 0 Å². The summed E-state index contributed by atoms with van der Waals surface area (Å²) in [5.74, 6) is 0.237. The van der Waals surface area contributed by atoms with Crippen LogP contribution in [0.5, 0.6) is 0 Å². The summed E-state index contributed by atoms with van der Waals surface area (Å²) in [6, 6.07) is 6.90. The van der Waals surface area contributed by atoms with Crippen LogP contribution in [0.4, 0.5) is 5.69 Å². The van der Waals surface area contributed by atoms with Crippen LogP contribution < -0.4 is 16.4 Å². The van der Waals surface area contributed by atoms with Gasteiger partial charge >= 0.3 is 0 Å². The van der Waals surface area contributed by atoms with E-state index in [9.17, 15) is 9.59 Å². The lowest BCUT2D eigenvalue weighted by Crippen LogP contribution is -2.29. The Morgan fingerprint density at radius 2 is 2.09 bits per heavy atom. The van der Waals surface area contributed by atoms with Crippen LogP contribution in [0.1, 0.15) is 37.8 Å². The lowest BCUT2D eigenvalue weighted by atomic mass is 10.1. The van der Waals surface area contributed by atoms with E-state index in [1.807, 2.05) is 6.92 Å². The van der Waals surface area contributed by atoms with Gasteiger partial charge in [0.25, 0.3) is 5.91 Å². The minimum absolute atomic E-state index is 0.192. The van der Waals surface area contributed by atoms with Gasteiger partial charge in [-0.2, -0.15) is 0 Å². The first-order chi connectivity index (χ1) is 10.5. The number of furan rings is 1. The molecule has 1 aliphatic heterocycles. The number of hydrogen-bond donors (Lipinski definition) is 2. The van der Waals surface area contributed by atoms with Crippen molar-refractivity contribution in [1.82, 2.24) is 0 Å². The van der Waals surface area contributed by atoms with Crippen molar-refractivity contribution in [2.24, 2.45) is 11.5 Å². The van der Waals surface area contributed by atoms with Crippen LogP contribution in [0.15, 0.2) is 28.7 Å². The Balaban J connectivity index is 1.94. The predicted molar refractivity (Wildman–Crippen MR) is 81.7 cm³/mol. The smallest absolute Gasteiger partial charge is 0.294 e. The maximum atomic E-state index is 12.7. The lowest BCUT2D eigenvalue weighted by Gasteiger charge is -2.16. The van der Waals surface area contributed by atoms with Crippen LogP contribution in [0.3, 0.4) is 0 Å². The van der Waals surface area contributed by atoms with E-state index in [-0.39, 0.29) is 12.5 Å². The fourth-order valence-corrected chi connectivity index (χ4v) is 2.75. The molecule has 2 heterocycles. The number of primary amides is 1. The van der Waals surface area contributed by atoms with Crippen molar-refractivity contribution >= 4 is 17.5 Å². The largest absolute Gasteiger partial charge is 0.454 e. The molecule has 1 aromatic carbocycles. The number of anilines is 1. The highest BCUT2D eigenvalue weighted by Crippen LogP contribution is 2.31. The molecule has 114 valence electrons. The fraction of sp³-hybridized carbons (Fsp3) is 0.250. The number of amides is 2. The summed E-state index contributed by atoms with van der Waals surface area (Å²) in [6.07, 6.45) is 0.686. The van der Waals surface area contributed by atoms with Gasteiger partial charge in [-0.05, 0) is 43.2 Å². The van der Waals surface area contributed by atoms with Gasteiger partial charge in [0.15, 0.2) is 5.76 Å². The first-order valence-corrected chi connectivity index (χ1v) is 7.05. The molecule has 6 nitrogen and oxygen atoms in total. The van der Waals surface area contributed by atoms with Gasteiger partial charge in [0.2, 0.25) is 5.91 Å². The second-order valence-corrected chi connectivity index (χ2v) is 5.34. The zero-order valence-corrected chi connectivity index (χ0v) is 12.3. The Kier molecular flexibility index (Phi) is 3.46. The summed E-state index contributed by atoms with van der Waals surface area (Å²) >= 11 is 0. The Labute approximate surface area is 127 Å². The molecule has 0 bridgehead atoms. The van der Waals surface area contributed by atoms with E-state index in [1.54, 1.807) is 29.2 Å². The molecule has 0 unspecified atom stereocenters. The molecule has 0 aliphatic carbocycles. The molecular formula is C16H17N3O3. The number of hydrogen-bond acceptors (Lipinski definition) is 4. The molecule has 0 spiro atoms. The summed E-state index contributed by atoms with van der Waals surface area (Å²) in [5, 5.41) is 0. The Bertz CT molecular complexity index is 764. The van der Waals surface area contributed by atoms with E-state index in [1.165, 1.54) is 0 Å². The van der Waals surface area contributed by atoms with E-state index in [0.29, 0.717) is 30.0 Å². The van der Waals surface area contributed by atoms with Crippen LogP contribution in [-0.2, 0) is 13.0 Å². The highest BCUT2D eigenvalue weighted by atomic mass is 16.4. The maximum absolute atomic E-state index is 12.7. The predicted octanol–water partition coefficient (Wildman–Crippen LogP) is 1.35. The summed E-state index contributed by atoms with van der Waals surface area (Å²) in [6.45, 7) is 2.63. The third-order valence-electron chi connectivity index (χ3n) is 3.87. The third-order valence-corrected chi connectivity index (χ3v) is 3.87. The van der Waals surface area contributed by atoms with Crippen LogP contribution in [-0.4, -0.2) is 18.4 Å². The van der Waals surface area contributed by atoms with Gasteiger partial charge in [0.1, 0.15) is 5.76 Å². The highest BCUT2D eigenvalue weighted by Gasteiger charge is 2.29. The Morgan fingerprint density at radius 3 is 2.73 bits per heavy atom. The summed E-state index contributed by atoms with van der Waals surface area (Å²) < 4.78 is 5.52. The van der Waals surface area contributed by atoms with Crippen molar-refractivity contribution in [3.63, 3.8) is 0 Å². The molecule has 0 saturated heterocycles. The monoisotopic (exact) mass is 299 g/mol. The standard InChI is InChI=1S/C16H17N3O3/c1-9-6-12(8-17)22-14(9)16(21)19-5-4-10-7-11(15(18)20)2-3-13(10)19/h2-3,6-7H,4-5,8,17H2,1H3,(H2,18,20). The number of carbonyl (C=O) groups is 2. The zero-order valence-electron chi connectivity index (χ0n) is 12.3. The van der Waals surface area contributed by atoms with Gasteiger partial charge < -0.3 is 20.8 Å². The number of nitrogens with zero attached hydrogens (tertiary/aromatic N) is 1. The first kappa shape index (κ1) is 14.3. The molecule has 1 aromatic heterocycles. The van der Waals surface area contributed by atoms with Crippen LogP contribution >= 0.6 is 0 Å². The molecular weight excluding hydrogens is 282 g/mol. The summed E-state index contributed by atoms with van der Waals surface area (Å²) in [5.41, 5.74) is 13.8. The number of aryl methyl sites for hydroxylation is 1. The number of fused-ring (bicyclic) bond motifs is 1. The molecule has 6 heteroatoms. The summed E-state index contributed by atoms with van der Waals surface area (Å²) in [7, 11) is 0. The average molecular weight is 299 g/mol. The molecule has 2 aromatic rings. The second kappa shape index (κ2) is 5.31. The molecule has 0 radical (unpaired) electrons. The molecule has 0 atom stereocenters. The number of rotatable bonds is 3. The minimum atomic E-state index is -0.470. The number of benzene rings is 1. The molecule has 1 aliphatic rings. The molecule has 3 rings (SSSR count). The van der Waals surface area contributed by atoms with Gasteiger partial charge in [0.05, 0.1) is 6.54 Å².